The van der Waals surface area contributed by atoms with Crippen molar-refractivity contribution in [3.63, 3.8) is 0 Å². The topological polar surface area (TPSA) is 85.7 Å². The van der Waals surface area contributed by atoms with Crippen molar-refractivity contribution in [2.24, 2.45) is 16.6 Å². The molecule has 0 bridgehead atoms. The van der Waals surface area contributed by atoms with Gasteiger partial charge in [0.15, 0.2) is 6.23 Å². The first-order valence-corrected chi connectivity index (χ1v) is 2.59. The van der Waals surface area contributed by atoms with E-state index in [2.05, 4.69) is 15.3 Å². The molecule has 1 unspecified atom stereocenters. The average molecular weight is 132 g/mol. The lowest BCUT2D eigenvalue weighted by molar-refractivity contribution is 0.0763. The number of rotatable bonds is 2. The van der Waals surface area contributed by atoms with Gasteiger partial charge in [-0.1, -0.05) is 0 Å². The molecular weight excluding hydrogens is 120 g/mol. The molecule has 0 aromatic rings. The number of oxime groups is 1. The molecule has 5 nitrogen and oxygen atoms in total. The maximum atomic E-state index is 5.18. The Kier molecular flexibility index (Phi) is 3.54. The van der Waals surface area contributed by atoms with E-state index in [0.717, 1.165) is 0 Å². The summed E-state index contributed by atoms with van der Waals surface area (Å²) in [6.45, 7) is 1.66. The first-order valence-electron chi connectivity index (χ1n) is 2.59. The third kappa shape index (κ3) is 4.89. The number of nitrogens with two attached hydrogens (primary N) is 2. The highest BCUT2D eigenvalue weighted by Crippen LogP contribution is 1.78. The summed E-state index contributed by atoms with van der Waals surface area (Å²) in [5.41, 5.74) is 10.4. The minimum atomic E-state index is -0.420. The van der Waals surface area contributed by atoms with E-state index in [0.29, 0.717) is 0 Å². The van der Waals surface area contributed by atoms with E-state index in [1.807, 2.05) is 0 Å². The van der Waals surface area contributed by atoms with Crippen molar-refractivity contribution in [2.75, 3.05) is 7.05 Å². The first-order chi connectivity index (χ1) is 4.16. The van der Waals surface area contributed by atoms with E-state index < -0.39 is 6.23 Å². The zero-order valence-electron chi connectivity index (χ0n) is 5.59. The van der Waals surface area contributed by atoms with Crippen molar-refractivity contribution in [1.29, 1.82) is 0 Å². The molecule has 0 spiro atoms. The molecule has 0 aromatic carbocycles. The van der Waals surface area contributed by atoms with Gasteiger partial charge in [-0.15, -0.1) is 0 Å². The van der Waals surface area contributed by atoms with Gasteiger partial charge in [0.2, 0.25) is 5.96 Å². The molecule has 0 rings (SSSR count). The van der Waals surface area contributed by atoms with Crippen LogP contribution < -0.4 is 16.8 Å². The van der Waals surface area contributed by atoms with Crippen molar-refractivity contribution < 1.29 is 4.84 Å². The third-order valence-corrected chi connectivity index (χ3v) is 0.573. The molecule has 5 N–H and O–H groups in total. The summed E-state index contributed by atoms with van der Waals surface area (Å²) in [4.78, 5) is 4.57. The predicted molar refractivity (Wildman–Crippen MR) is 35.4 cm³/mol. The molecule has 9 heavy (non-hydrogen) atoms. The van der Waals surface area contributed by atoms with Gasteiger partial charge < -0.3 is 15.9 Å². The molecule has 0 aliphatic carbocycles. The van der Waals surface area contributed by atoms with Crippen LogP contribution >= 0.6 is 0 Å². The Labute approximate surface area is 54.0 Å². The summed E-state index contributed by atoms with van der Waals surface area (Å²) in [5.74, 6) is 0.215. The summed E-state index contributed by atoms with van der Waals surface area (Å²) in [6, 6.07) is 0. The largest absolute Gasteiger partial charge is 0.374 e. The Morgan fingerprint density at radius 2 is 2.33 bits per heavy atom. The minimum absolute atomic E-state index is 0.215. The summed E-state index contributed by atoms with van der Waals surface area (Å²) in [7, 11) is 1.64. The SMILES string of the molecule is CN/C(N)=N\OC(C)N. The number of nitrogens with one attached hydrogen (secondary N) is 1. The Bertz CT molecular complexity index is 101. The molecule has 0 saturated carbocycles. The fourth-order valence-electron chi connectivity index (χ4n) is 0.186. The molecule has 0 saturated heterocycles. The fourth-order valence-corrected chi connectivity index (χ4v) is 0.186. The standard InChI is InChI=1S/C4H12N4O/c1-3(5)9-8-4(6)7-2/h3H,5H2,1-2H3,(H3,6,7,8). The number of nitrogens with zero attached hydrogens (tertiary/aromatic N) is 1. The number of hydrogen-bond donors (Lipinski definition) is 3. The van der Waals surface area contributed by atoms with E-state index in [1.54, 1.807) is 14.0 Å². The fraction of sp³-hybridized carbons (Fsp3) is 0.750. The summed E-state index contributed by atoms with van der Waals surface area (Å²) in [6.07, 6.45) is -0.420. The molecule has 0 aliphatic rings. The van der Waals surface area contributed by atoms with Crippen LogP contribution in [-0.2, 0) is 4.84 Å². The molecule has 0 radical (unpaired) electrons. The molecule has 5 heteroatoms. The second-order valence-electron chi connectivity index (χ2n) is 1.54. The van der Waals surface area contributed by atoms with Crippen LogP contribution in [0.1, 0.15) is 6.92 Å². The summed E-state index contributed by atoms with van der Waals surface area (Å²) < 4.78 is 0. The van der Waals surface area contributed by atoms with Crippen LogP contribution in [-0.4, -0.2) is 19.2 Å². The van der Waals surface area contributed by atoms with Crippen molar-refractivity contribution in [1.82, 2.24) is 5.32 Å². The molecule has 0 aliphatic heterocycles. The van der Waals surface area contributed by atoms with Crippen LogP contribution in [0.25, 0.3) is 0 Å². The maximum absolute atomic E-state index is 5.18. The molecule has 0 fully saturated rings. The Hall–Kier alpha value is -0.970. The monoisotopic (exact) mass is 132 g/mol. The van der Waals surface area contributed by atoms with Crippen LogP contribution in [0.15, 0.2) is 5.16 Å². The van der Waals surface area contributed by atoms with Gasteiger partial charge in [-0.05, 0) is 12.1 Å². The van der Waals surface area contributed by atoms with Crippen LogP contribution in [0.4, 0.5) is 0 Å². The molecule has 0 aromatic heterocycles. The van der Waals surface area contributed by atoms with Gasteiger partial charge in [-0.2, -0.15) is 0 Å². The quantitative estimate of drug-likeness (QED) is 0.190. The van der Waals surface area contributed by atoms with Gasteiger partial charge in [0, 0.05) is 7.05 Å². The number of guanidine groups is 1. The second-order valence-corrected chi connectivity index (χ2v) is 1.54. The van der Waals surface area contributed by atoms with Gasteiger partial charge in [0.25, 0.3) is 0 Å². The molecule has 1 atom stereocenters. The van der Waals surface area contributed by atoms with Gasteiger partial charge >= 0.3 is 0 Å². The minimum Gasteiger partial charge on any atom is -0.374 e. The molecule has 0 amide bonds. The smallest absolute Gasteiger partial charge is 0.230 e. The van der Waals surface area contributed by atoms with Crippen LogP contribution in [0, 0.1) is 0 Å². The predicted octanol–water partition coefficient (Wildman–Crippen LogP) is -1.24. The Balaban J connectivity index is 3.43. The van der Waals surface area contributed by atoms with Gasteiger partial charge in [0.1, 0.15) is 0 Å². The Morgan fingerprint density at radius 3 is 2.67 bits per heavy atom. The van der Waals surface area contributed by atoms with Gasteiger partial charge in [-0.3, -0.25) is 5.73 Å². The van der Waals surface area contributed by atoms with Crippen molar-refractivity contribution >= 4 is 5.96 Å². The second kappa shape index (κ2) is 3.96. The highest BCUT2D eigenvalue weighted by molar-refractivity contribution is 5.76. The average Bonchev–Trinajstić information content (AvgIpc) is 1.83. The summed E-state index contributed by atoms with van der Waals surface area (Å²) >= 11 is 0. The van der Waals surface area contributed by atoms with Gasteiger partial charge in [-0.25, -0.2) is 0 Å². The Morgan fingerprint density at radius 1 is 1.78 bits per heavy atom. The van der Waals surface area contributed by atoms with Crippen LogP contribution in [0.2, 0.25) is 0 Å². The van der Waals surface area contributed by atoms with Gasteiger partial charge in [0.05, 0.1) is 0 Å². The highest BCUT2D eigenvalue weighted by Gasteiger charge is 1.89. The first kappa shape index (κ1) is 8.03. The van der Waals surface area contributed by atoms with Crippen molar-refractivity contribution in [2.45, 2.75) is 13.2 Å². The normalized spacial score (nSPS) is 14.8. The zero-order valence-corrected chi connectivity index (χ0v) is 5.59. The third-order valence-electron chi connectivity index (χ3n) is 0.573. The highest BCUT2D eigenvalue weighted by atomic mass is 16.6. The lowest BCUT2D eigenvalue weighted by Gasteiger charge is -2.02. The van der Waals surface area contributed by atoms with E-state index in [1.165, 1.54) is 0 Å². The molecule has 54 valence electrons. The van der Waals surface area contributed by atoms with E-state index in [4.69, 9.17) is 11.5 Å². The lowest BCUT2D eigenvalue weighted by atomic mass is 10.7. The van der Waals surface area contributed by atoms with Crippen LogP contribution in [0.5, 0.6) is 0 Å². The van der Waals surface area contributed by atoms with Crippen molar-refractivity contribution in [3.05, 3.63) is 0 Å². The number of hydrogen-bond acceptors (Lipinski definition) is 3. The zero-order chi connectivity index (χ0) is 7.28. The molecular formula is C4H12N4O. The lowest BCUT2D eigenvalue weighted by Crippen LogP contribution is -2.29. The van der Waals surface area contributed by atoms with Crippen LogP contribution in [0.3, 0.4) is 0 Å². The maximum Gasteiger partial charge on any atom is 0.230 e. The van der Waals surface area contributed by atoms with Crippen molar-refractivity contribution in [3.8, 4) is 0 Å². The van der Waals surface area contributed by atoms with E-state index in [9.17, 15) is 0 Å². The molecule has 0 heterocycles. The van der Waals surface area contributed by atoms with E-state index >= 15 is 0 Å². The van der Waals surface area contributed by atoms with E-state index in [-0.39, 0.29) is 5.96 Å². The summed E-state index contributed by atoms with van der Waals surface area (Å²) in [5, 5.41) is 5.97.